The second kappa shape index (κ2) is 5.58. The molecule has 2 aromatic rings. The van der Waals surface area contributed by atoms with Crippen LogP contribution in [0.25, 0.3) is 11.0 Å². The number of fused-ring (bicyclic) bond motifs is 1. The normalized spacial score (nSPS) is 12.6. The van der Waals surface area contributed by atoms with Gasteiger partial charge in [-0.15, -0.1) is 0 Å². The third-order valence-electron chi connectivity index (χ3n) is 4.26. The van der Waals surface area contributed by atoms with Gasteiger partial charge in [0.25, 0.3) is 0 Å². The SMILES string of the molecule is CC(C)Oc1cccc2c1nc(N)n2CC(C)(C)C(C)C. The van der Waals surface area contributed by atoms with Crippen LogP contribution in [0.1, 0.15) is 41.5 Å². The molecule has 2 N–H and O–H groups in total. The van der Waals surface area contributed by atoms with Crippen molar-refractivity contribution in [3.05, 3.63) is 18.2 Å². The lowest BCUT2D eigenvalue weighted by Gasteiger charge is -2.30. The first-order chi connectivity index (χ1) is 9.72. The maximum atomic E-state index is 6.16. The highest BCUT2D eigenvalue weighted by Crippen LogP contribution is 2.33. The maximum Gasteiger partial charge on any atom is 0.201 e. The zero-order chi connectivity index (χ0) is 15.8. The summed E-state index contributed by atoms with van der Waals surface area (Å²) in [5.41, 5.74) is 8.20. The lowest BCUT2D eigenvalue weighted by molar-refractivity contribution is 0.214. The Balaban J connectivity index is 2.49. The number of nitrogen functional groups attached to an aromatic ring is 1. The number of anilines is 1. The molecule has 0 aliphatic carbocycles. The number of hydrogen-bond acceptors (Lipinski definition) is 3. The fourth-order valence-corrected chi connectivity index (χ4v) is 2.24. The first-order valence-electron chi connectivity index (χ1n) is 7.63. The van der Waals surface area contributed by atoms with Gasteiger partial charge in [0.15, 0.2) is 0 Å². The van der Waals surface area contributed by atoms with Crippen molar-refractivity contribution < 1.29 is 4.74 Å². The molecule has 0 bridgehead atoms. The lowest BCUT2D eigenvalue weighted by Crippen LogP contribution is -2.26. The molecule has 4 nitrogen and oxygen atoms in total. The average Bonchev–Trinajstić information content (AvgIpc) is 2.66. The number of hydrogen-bond donors (Lipinski definition) is 1. The van der Waals surface area contributed by atoms with Crippen LogP contribution in [0, 0.1) is 11.3 Å². The zero-order valence-corrected chi connectivity index (χ0v) is 14.0. The lowest BCUT2D eigenvalue weighted by atomic mass is 9.81. The highest BCUT2D eigenvalue weighted by Gasteiger charge is 2.25. The van der Waals surface area contributed by atoms with E-state index in [2.05, 4.69) is 43.3 Å². The summed E-state index contributed by atoms with van der Waals surface area (Å²) < 4.78 is 7.94. The third kappa shape index (κ3) is 3.14. The van der Waals surface area contributed by atoms with Crippen molar-refractivity contribution >= 4 is 17.0 Å². The molecule has 0 saturated carbocycles. The Morgan fingerprint density at radius 3 is 2.48 bits per heavy atom. The van der Waals surface area contributed by atoms with Gasteiger partial charge in [-0.05, 0) is 37.3 Å². The van der Waals surface area contributed by atoms with Crippen molar-refractivity contribution in [3.63, 3.8) is 0 Å². The second-order valence-electron chi connectivity index (χ2n) is 6.99. The summed E-state index contributed by atoms with van der Waals surface area (Å²) in [6, 6.07) is 6.01. The first-order valence-corrected chi connectivity index (χ1v) is 7.63. The molecule has 0 spiro atoms. The molecule has 0 unspecified atom stereocenters. The van der Waals surface area contributed by atoms with E-state index in [-0.39, 0.29) is 11.5 Å². The van der Waals surface area contributed by atoms with Gasteiger partial charge in [-0.1, -0.05) is 33.8 Å². The minimum absolute atomic E-state index is 0.120. The van der Waals surface area contributed by atoms with Gasteiger partial charge < -0.3 is 15.0 Å². The Morgan fingerprint density at radius 2 is 1.90 bits per heavy atom. The van der Waals surface area contributed by atoms with Crippen LogP contribution in [0.4, 0.5) is 5.95 Å². The van der Waals surface area contributed by atoms with E-state index < -0.39 is 0 Å². The molecule has 4 heteroatoms. The van der Waals surface area contributed by atoms with Gasteiger partial charge in [-0.2, -0.15) is 0 Å². The monoisotopic (exact) mass is 289 g/mol. The summed E-state index contributed by atoms with van der Waals surface area (Å²) >= 11 is 0. The van der Waals surface area contributed by atoms with E-state index in [9.17, 15) is 0 Å². The predicted octanol–water partition coefficient (Wildman–Crippen LogP) is 4.09. The molecule has 0 fully saturated rings. The summed E-state index contributed by atoms with van der Waals surface area (Å²) in [7, 11) is 0. The standard InChI is InChI=1S/C17H27N3O/c1-11(2)17(5,6)10-20-13-8-7-9-14(21-12(3)4)15(13)19-16(20)18/h7-9,11-12H,10H2,1-6H3,(H2,18,19). The summed E-state index contributed by atoms with van der Waals surface area (Å²) in [5, 5.41) is 0. The molecule has 0 amide bonds. The van der Waals surface area contributed by atoms with Gasteiger partial charge in [0.2, 0.25) is 5.95 Å². The molecule has 0 radical (unpaired) electrons. The van der Waals surface area contributed by atoms with Gasteiger partial charge in [0.05, 0.1) is 11.6 Å². The second-order valence-corrected chi connectivity index (χ2v) is 6.99. The number of rotatable bonds is 5. The summed E-state index contributed by atoms with van der Waals surface area (Å²) in [6.07, 6.45) is 0.120. The van der Waals surface area contributed by atoms with Crippen LogP contribution < -0.4 is 10.5 Å². The number of benzene rings is 1. The van der Waals surface area contributed by atoms with Crippen molar-refractivity contribution in [2.75, 3.05) is 5.73 Å². The molecule has 0 aliphatic heterocycles. The Hall–Kier alpha value is -1.71. The minimum Gasteiger partial charge on any atom is -0.489 e. The molecule has 0 atom stereocenters. The first kappa shape index (κ1) is 15.7. The highest BCUT2D eigenvalue weighted by atomic mass is 16.5. The third-order valence-corrected chi connectivity index (χ3v) is 4.26. The molecule has 0 saturated heterocycles. The number of aromatic nitrogens is 2. The molecule has 21 heavy (non-hydrogen) atoms. The molecule has 1 aromatic carbocycles. The van der Waals surface area contributed by atoms with E-state index in [1.807, 2.05) is 26.0 Å². The Bertz CT molecular complexity index is 626. The van der Waals surface area contributed by atoms with Gasteiger partial charge in [-0.3, -0.25) is 0 Å². The van der Waals surface area contributed by atoms with E-state index in [0.29, 0.717) is 11.9 Å². The molecule has 1 aromatic heterocycles. The number of imidazole rings is 1. The fourth-order valence-electron chi connectivity index (χ4n) is 2.24. The summed E-state index contributed by atoms with van der Waals surface area (Å²) in [6.45, 7) is 13.9. The van der Waals surface area contributed by atoms with E-state index in [0.717, 1.165) is 23.3 Å². The van der Waals surface area contributed by atoms with E-state index >= 15 is 0 Å². The van der Waals surface area contributed by atoms with Gasteiger partial charge in [-0.25, -0.2) is 4.98 Å². The molecular formula is C17H27N3O. The van der Waals surface area contributed by atoms with Crippen molar-refractivity contribution in [1.29, 1.82) is 0 Å². The zero-order valence-electron chi connectivity index (χ0n) is 14.0. The van der Waals surface area contributed by atoms with Gasteiger partial charge in [0.1, 0.15) is 11.3 Å². The summed E-state index contributed by atoms with van der Waals surface area (Å²) in [4.78, 5) is 4.53. The predicted molar refractivity (Wildman–Crippen MR) is 88.5 cm³/mol. The number of nitrogens with zero attached hydrogens (tertiary/aromatic N) is 2. The molecular weight excluding hydrogens is 262 g/mol. The van der Waals surface area contributed by atoms with Gasteiger partial charge >= 0.3 is 0 Å². The van der Waals surface area contributed by atoms with Crippen LogP contribution >= 0.6 is 0 Å². The van der Waals surface area contributed by atoms with E-state index in [1.54, 1.807) is 0 Å². The smallest absolute Gasteiger partial charge is 0.201 e. The molecule has 116 valence electrons. The Kier molecular flexibility index (Phi) is 4.17. The van der Waals surface area contributed by atoms with E-state index in [1.165, 1.54) is 0 Å². The van der Waals surface area contributed by atoms with Crippen LogP contribution in [0.3, 0.4) is 0 Å². The van der Waals surface area contributed by atoms with Crippen LogP contribution in [-0.2, 0) is 6.54 Å². The largest absolute Gasteiger partial charge is 0.489 e. The number of para-hydroxylation sites is 1. The average molecular weight is 289 g/mol. The molecule has 2 rings (SSSR count). The number of ether oxygens (including phenoxy) is 1. The van der Waals surface area contributed by atoms with Crippen molar-refractivity contribution in [2.24, 2.45) is 11.3 Å². The Morgan fingerprint density at radius 1 is 1.24 bits per heavy atom. The Labute approximate surface area is 127 Å². The van der Waals surface area contributed by atoms with Crippen molar-refractivity contribution in [3.8, 4) is 5.75 Å². The van der Waals surface area contributed by atoms with Crippen LogP contribution in [-0.4, -0.2) is 15.7 Å². The van der Waals surface area contributed by atoms with Crippen molar-refractivity contribution in [1.82, 2.24) is 9.55 Å². The van der Waals surface area contributed by atoms with Crippen LogP contribution in [0.15, 0.2) is 18.2 Å². The highest BCUT2D eigenvalue weighted by molar-refractivity contribution is 5.84. The molecule has 0 aliphatic rings. The minimum atomic E-state index is 0.120. The fraction of sp³-hybridized carbons (Fsp3) is 0.588. The van der Waals surface area contributed by atoms with Crippen LogP contribution in [0.2, 0.25) is 0 Å². The quantitative estimate of drug-likeness (QED) is 0.902. The van der Waals surface area contributed by atoms with Crippen LogP contribution in [0.5, 0.6) is 5.75 Å². The topological polar surface area (TPSA) is 53.1 Å². The van der Waals surface area contributed by atoms with E-state index in [4.69, 9.17) is 10.5 Å². The number of nitrogens with two attached hydrogens (primary N) is 1. The van der Waals surface area contributed by atoms with Gasteiger partial charge in [0, 0.05) is 6.54 Å². The maximum absolute atomic E-state index is 6.16. The van der Waals surface area contributed by atoms with Crippen molar-refractivity contribution in [2.45, 2.75) is 54.2 Å². The summed E-state index contributed by atoms with van der Waals surface area (Å²) in [5.74, 6) is 1.92. The molecule has 1 heterocycles.